The molecule has 0 atom stereocenters. The number of aromatic nitrogens is 5. The van der Waals surface area contributed by atoms with E-state index in [1.807, 2.05) is 20.8 Å². The number of aryl methyl sites for hydroxylation is 1. The van der Waals surface area contributed by atoms with Gasteiger partial charge in [-0.1, -0.05) is 0 Å². The van der Waals surface area contributed by atoms with E-state index in [1.54, 1.807) is 6.92 Å². The first-order chi connectivity index (χ1) is 16.6. The van der Waals surface area contributed by atoms with Gasteiger partial charge in [0.05, 0.1) is 6.04 Å². The van der Waals surface area contributed by atoms with E-state index in [0.717, 1.165) is 63.8 Å². The normalized spacial score (nSPS) is 25.4. The van der Waals surface area contributed by atoms with E-state index in [9.17, 15) is 18.0 Å². The standard InChI is InChI=1S/C24H30F3N7O/c1-15-4-19(24(25,26)27)29-33(15)9-16-5-22(6-16)10-31(11-22)21(35)32-12-23(13-32)7-18(8-23)34-14-28-20(30-34)17-2-3-17/h4,14,16-18H,2-3,5-13H2,1H3. The number of rotatable bonds is 4. The Morgan fingerprint density at radius 2 is 1.66 bits per heavy atom. The average molecular weight is 490 g/mol. The number of likely N-dealkylation sites (tertiary alicyclic amines) is 2. The van der Waals surface area contributed by atoms with Gasteiger partial charge in [0.2, 0.25) is 0 Å². The molecule has 0 radical (unpaired) electrons. The number of carbonyl (C=O) groups is 1. The molecule has 5 fully saturated rings. The number of alkyl halides is 3. The molecule has 2 saturated heterocycles. The Morgan fingerprint density at radius 3 is 2.23 bits per heavy atom. The Bertz CT molecular complexity index is 1150. The van der Waals surface area contributed by atoms with Gasteiger partial charge < -0.3 is 9.80 Å². The molecule has 5 aliphatic rings. The van der Waals surface area contributed by atoms with Crippen molar-refractivity contribution in [2.45, 2.75) is 70.1 Å². The van der Waals surface area contributed by atoms with Gasteiger partial charge in [0.15, 0.2) is 11.5 Å². The van der Waals surface area contributed by atoms with Crippen LogP contribution in [0.15, 0.2) is 12.4 Å². The average Bonchev–Trinajstić information content (AvgIpc) is 3.29. The molecule has 0 aromatic carbocycles. The molecule has 35 heavy (non-hydrogen) atoms. The summed E-state index contributed by atoms with van der Waals surface area (Å²) in [5, 5.41) is 8.42. The number of urea groups is 1. The van der Waals surface area contributed by atoms with Crippen LogP contribution < -0.4 is 0 Å². The van der Waals surface area contributed by atoms with Crippen LogP contribution in [0.1, 0.15) is 67.7 Å². The molecule has 2 aliphatic heterocycles. The highest BCUT2D eigenvalue weighted by molar-refractivity contribution is 5.77. The number of halogens is 3. The Hall–Kier alpha value is -2.59. The van der Waals surface area contributed by atoms with Crippen LogP contribution in [0.5, 0.6) is 0 Å². The van der Waals surface area contributed by atoms with Crippen LogP contribution in [0.4, 0.5) is 18.0 Å². The lowest BCUT2D eigenvalue weighted by Crippen LogP contribution is -2.71. The maximum absolute atomic E-state index is 12.9. The van der Waals surface area contributed by atoms with E-state index >= 15 is 0 Å². The lowest BCUT2D eigenvalue weighted by Gasteiger charge is -2.63. The van der Waals surface area contributed by atoms with Gasteiger partial charge in [-0.2, -0.15) is 23.4 Å². The third-order valence-electron chi connectivity index (χ3n) is 8.97. The van der Waals surface area contributed by atoms with Crippen LogP contribution in [0.2, 0.25) is 0 Å². The van der Waals surface area contributed by atoms with Crippen molar-refractivity contribution < 1.29 is 18.0 Å². The Morgan fingerprint density at radius 1 is 1.03 bits per heavy atom. The number of hydrogen-bond acceptors (Lipinski definition) is 4. The van der Waals surface area contributed by atoms with Crippen LogP contribution in [0.25, 0.3) is 0 Å². The highest BCUT2D eigenvalue weighted by Crippen LogP contribution is 2.56. The third kappa shape index (κ3) is 3.56. The van der Waals surface area contributed by atoms with Crippen molar-refractivity contribution in [1.29, 1.82) is 0 Å². The molecular weight excluding hydrogens is 459 g/mol. The minimum absolute atomic E-state index is 0.141. The Labute approximate surface area is 201 Å². The summed E-state index contributed by atoms with van der Waals surface area (Å²) < 4.78 is 42.2. The van der Waals surface area contributed by atoms with Gasteiger partial charge in [0.25, 0.3) is 0 Å². The van der Waals surface area contributed by atoms with Crippen molar-refractivity contribution in [1.82, 2.24) is 34.3 Å². The van der Waals surface area contributed by atoms with E-state index in [0.29, 0.717) is 30.1 Å². The number of carbonyl (C=O) groups excluding carboxylic acids is 1. The summed E-state index contributed by atoms with van der Waals surface area (Å²) in [6.07, 6.45) is 3.92. The van der Waals surface area contributed by atoms with Crippen molar-refractivity contribution >= 4 is 6.03 Å². The van der Waals surface area contributed by atoms with Crippen molar-refractivity contribution in [3.05, 3.63) is 29.6 Å². The monoisotopic (exact) mass is 489 g/mol. The van der Waals surface area contributed by atoms with Crippen LogP contribution in [0.3, 0.4) is 0 Å². The predicted octanol–water partition coefficient (Wildman–Crippen LogP) is 3.85. The molecule has 0 bridgehead atoms. The zero-order chi connectivity index (χ0) is 24.2. The SMILES string of the molecule is Cc1cc(C(F)(F)F)nn1CC1CC2(C1)CN(C(=O)N1CC3(CC(n4cnc(C5CC5)n4)C3)C1)C2. The van der Waals surface area contributed by atoms with Crippen LogP contribution in [0, 0.1) is 23.7 Å². The lowest BCUT2D eigenvalue weighted by atomic mass is 9.57. The number of amides is 2. The summed E-state index contributed by atoms with van der Waals surface area (Å²) in [6, 6.07) is 1.67. The van der Waals surface area contributed by atoms with E-state index in [2.05, 4.69) is 15.2 Å². The molecule has 2 spiro atoms. The number of hydrogen-bond donors (Lipinski definition) is 0. The van der Waals surface area contributed by atoms with Crippen molar-refractivity contribution in [3.63, 3.8) is 0 Å². The third-order valence-corrected chi connectivity index (χ3v) is 8.97. The van der Waals surface area contributed by atoms with E-state index in [1.165, 1.54) is 17.5 Å². The molecule has 0 N–H and O–H groups in total. The second kappa shape index (κ2) is 7.00. The van der Waals surface area contributed by atoms with Gasteiger partial charge in [0.1, 0.15) is 6.33 Å². The number of nitrogens with zero attached hydrogens (tertiary/aromatic N) is 7. The fourth-order valence-corrected chi connectivity index (χ4v) is 7.01. The molecule has 7 rings (SSSR count). The first-order valence-electron chi connectivity index (χ1n) is 12.7. The second-order valence-electron chi connectivity index (χ2n) is 12.0. The highest BCUT2D eigenvalue weighted by atomic mass is 19.4. The van der Waals surface area contributed by atoms with Crippen molar-refractivity contribution in [3.8, 4) is 0 Å². The molecule has 3 aliphatic carbocycles. The van der Waals surface area contributed by atoms with Crippen LogP contribution in [-0.2, 0) is 12.7 Å². The fourth-order valence-electron chi connectivity index (χ4n) is 7.01. The second-order valence-corrected chi connectivity index (χ2v) is 12.0. The van der Waals surface area contributed by atoms with Crippen LogP contribution >= 0.6 is 0 Å². The molecule has 2 amide bonds. The minimum Gasteiger partial charge on any atom is -0.323 e. The maximum atomic E-state index is 12.9. The molecular formula is C24H30F3N7O. The summed E-state index contributed by atoms with van der Waals surface area (Å²) in [4.78, 5) is 21.3. The summed E-state index contributed by atoms with van der Waals surface area (Å²) >= 11 is 0. The topological polar surface area (TPSA) is 72.1 Å². The maximum Gasteiger partial charge on any atom is 0.435 e. The van der Waals surface area contributed by atoms with E-state index < -0.39 is 11.9 Å². The van der Waals surface area contributed by atoms with Gasteiger partial charge in [-0.05, 0) is 57.4 Å². The summed E-state index contributed by atoms with van der Waals surface area (Å²) in [5.74, 6) is 1.89. The largest absolute Gasteiger partial charge is 0.435 e. The molecule has 2 aromatic heterocycles. The van der Waals surface area contributed by atoms with E-state index in [-0.39, 0.29) is 16.9 Å². The lowest BCUT2D eigenvalue weighted by molar-refractivity contribution is -0.141. The minimum atomic E-state index is -4.41. The smallest absolute Gasteiger partial charge is 0.323 e. The van der Waals surface area contributed by atoms with E-state index in [4.69, 9.17) is 0 Å². The molecule has 4 heterocycles. The van der Waals surface area contributed by atoms with Crippen molar-refractivity contribution in [2.75, 3.05) is 26.2 Å². The van der Waals surface area contributed by atoms with Crippen LogP contribution in [-0.4, -0.2) is 66.6 Å². The van der Waals surface area contributed by atoms with Gasteiger partial charge in [-0.25, -0.2) is 14.5 Å². The van der Waals surface area contributed by atoms with Gasteiger partial charge in [0, 0.05) is 55.2 Å². The summed E-state index contributed by atoms with van der Waals surface area (Å²) in [6.45, 7) is 5.38. The Kier molecular flexibility index (Phi) is 4.34. The van der Waals surface area contributed by atoms with Crippen molar-refractivity contribution in [2.24, 2.45) is 16.7 Å². The van der Waals surface area contributed by atoms with Gasteiger partial charge in [-0.3, -0.25) is 4.68 Å². The first-order valence-corrected chi connectivity index (χ1v) is 12.7. The molecule has 0 unspecified atom stereocenters. The summed E-state index contributed by atoms with van der Waals surface area (Å²) in [7, 11) is 0. The highest BCUT2D eigenvalue weighted by Gasteiger charge is 2.58. The fraction of sp³-hybridized carbons (Fsp3) is 0.750. The summed E-state index contributed by atoms with van der Waals surface area (Å²) in [5.41, 5.74) is 0.136. The quantitative estimate of drug-likeness (QED) is 0.654. The molecule has 2 aromatic rings. The molecule has 188 valence electrons. The zero-order valence-electron chi connectivity index (χ0n) is 19.8. The predicted molar refractivity (Wildman–Crippen MR) is 118 cm³/mol. The molecule has 3 saturated carbocycles. The zero-order valence-corrected chi connectivity index (χ0v) is 19.8. The molecule has 8 nitrogen and oxygen atoms in total. The van der Waals surface area contributed by atoms with Gasteiger partial charge in [-0.15, -0.1) is 0 Å². The Balaban J connectivity index is 0.853. The first kappa shape index (κ1) is 21.7. The molecule has 11 heteroatoms. The van der Waals surface area contributed by atoms with Gasteiger partial charge >= 0.3 is 12.2 Å².